The number of amides is 1. The molecule has 1 atom stereocenters. The van der Waals surface area contributed by atoms with Gasteiger partial charge in [0.1, 0.15) is 0 Å². The molecule has 0 aliphatic heterocycles. The minimum atomic E-state index is 0.0118. The Morgan fingerprint density at radius 2 is 1.85 bits per heavy atom. The van der Waals surface area contributed by atoms with Crippen LogP contribution in [-0.4, -0.2) is 18.0 Å². The van der Waals surface area contributed by atoms with Gasteiger partial charge in [0.2, 0.25) is 0 Å². The van der Waals surface area contributed by atoms with E-state index in [2.05, 4.69) is 38.3 Å². The Balaban J connectivity index is 2.62. The summed E-state index contributed by atoms with van der Waals surface area (Å²) in [5, 5.41) is 6.41. The number of carbonyl (C=O) groups is 1. The molecule has 3 nitrogen and oxygen atoms in total. The fourth-order valence-electron chi connectivity index (χ4n) is 2.19. The summed E-state index contributed by atoms with van der Waals surface area (Å²) in [6.45, 7) is 8.41. The summed E-state index contributed by atoms with van der Waals surface area (Å²) in [4.78, 5) is 12.3. The Bertz CT molecular complexity index is 415. The highest BCUT2D eigenvalue weighted by Gasteiger charge is 2.13. The van der Waals surface area contributed by atoms with E-state index in [0.717, 1.165) is 17.7 Å². The van der Waals surface area contributed by atoms with Gasteiger partial charge in [-0.2, -0.15) is 0 Å². The van der Waals surface area contributed by atoms with Crippen LogP contribution in [0.4, 0.5) is 5.69 Å². The number of hydrogen-bond donors (Lipinski definition) is 2. The first kappa shape index (κ1) is 16.5. The van der Waals surface area contributed by atoms with Gasteiger partial charge in [0, 0.05) is 17.8 Å². The molecule has 1 aromatic rings. The lowest BCUT2D eigenvalue weighted by Gasteiger charge is -2.17. The number of hydrogen-bond acceptors (Lipinski definition) is 2. The summed E-state index contributed by atoms with van der Waals surface area (Å²) >= 11 is 0. The summed E-state index contributed by atoms with van der Waals surface area (Å²) in [5.74, 6) is 0.0118. The van der Waals surface area contributed by atoms with Crippen LogP contribution in [0.5, 0.6) is 0 Å². The third-order valence-electron chi connectivity index (χ3n) is 3.23. The van der Waals surface area contributed by atoms with Gasteiger partial charge in [-0.15, -0.1) is 0 Å². The smallest absolute Gasteiger partial charge is 0.253 e. The third kappa shape index (κ3) is 5.64. The standard InChI is InChI=1S/C17H28N2O/c1-5-6-7-10-14(4)19-17(20)15-11-8-9-12-16(15)18-13(2)3/h8-9,11-14,18H,5-7,10H2,1-4H3,(H,19,20). The molecule has 1 aromatic carbocycles. The van der Waals surface area contributed by atoms with Crippen LogP contribution in [0.25, 0.3) is 0 Å². The van der Waals surface area contributed by atoms with Crippen LogP contribution in [0.3, 0.4) is 0 Å². The molecule has 0 saturated heterocycles. The Hall–Kier alpha value is -1.51. The maximum Gasteiger partial charge on any atom is 0.253 e. The lowest BCUT2D eigenvalue weighted by molar-refractivity contribution is 0.0938. The van der Waals surface area contributed by atoms with Crippen molar-refractivity contribution in [2.45, 2.75) is 65.5 Å². The van der Waals surface area contributed by atoms with Crippen LogP contribution in [0, 0.1) is 0 Å². The zero-order valence-corrected chi connectivity index (χ0v) is 13.2. The van der Waals surface area contributed by atoms with Crippen LogP contribution >= 0.6 is 0 Å². The number of unbranched alkanes of at least 4 members (excludes halogenated alkanes) is 2. The van der Waals surface area contributed by atoms with Gasteiger partial charge in [0.05, 0.1) is 5.56 Å². The number of rotatable bonds is 8. The van der Waals surface area contributed by atoms with Crippen molar-refractivity contribution in [2.24, 2.45) is 0 Å². The van der Waals surface area contributed by atoms with Gasteiger partial charge in [-0.25, -0.2) is 0 Å². The fourth-order valence-corrected chi connectivity index (χ4v) is 2.19. The Kier molecular flexibility index (Phi) is 7.13. The molecule has 1 rings (SSSR count). The Morgan fingerprint density at radius 1 is 1.15 bits per heavy atom. The molecule has 112 valence electrons. The summed E-state index contributed by atoms with van der Waals surface area (Å²) < 4.78 is 0. The number of benzene rings is 1. The highest BCUT2D eigenvalue weighted by molar-refractivity contribution is 5.99. The number of carbonyl (C=O) groups excluding carboxylic acids is 1. The van der Waals surface area contributed by atoms with E-state index in [-0.39, 0.29) is 11.9 Å². The normalized spacial score (nSPS) is 12.2. The van der Waals surface area contributed by atoms with E-state index in [4.69, 9.17) is 0 Å². The van der Waals surface area contributed by atoms with E-state index in [1.165, 1.54) is 19.3 Å². The lowest BCUT2D eigenvalue weighted by atomic mass is 10.1. The van der Waals surface area contributed by atoms with Crippen molar-refractivity contribution in [3.05, 3.63) is 29.8 Å². The monoisotopic (exact) mass is 276 g/mol. The van der Waals surface area contributed by atoms with Gasteiger partial charge in [-0.3, -0.25) is 4.79 Å². The molecule has 0 radical (unpaired) electrons. The third-order valence-corrected chi connectivity index (χ3v) is 3.23. The molecular formula is C17H28N2O. The van der Waals surface area contributed by atoms with E-state index in [9.17, 15) is 4.79 Å². The molecule has 3 heteroatoms. The molecule has 1 amide bonds. The molecule has 0 aromatic heterocycles. The summed E-state index contributed by atoms with van der Waals surface area (Å²) in [6, 6.07) is 8.22. The van der Waals surface area contributed by atoms with Crippen molar-refractivity contribution in [3.8, 4) is 0 Å². The number of anilines is 1. The van der Waals surface area contributed by atoms with Crippen molar-refractivity contribution in [3.63, 3.8) is 0 Å². The predicted octanol–water partition coefficient (Wildman–Crippen LogP) is 4.21. The minimum Gasteiger partial charge on any atom is -0.382 e. The molecule has 1 unspecified atom stereocenters. The largest absolute Gasteiger partial charge is 0.382 e. The van der Waals surface area contributed by atoms with Gasteiger partial charge >= 0.3 is 0 Å². The molecular weight excluding hydrogens is 248 g/mol. The van der Waals surface area contributed by atoms with Crippen LogP contribution in [-0.2, 0) is 0 Å². The maximum absolute atomic E-state index is 12.3. The molecule has 0 aliphatic rings. The van der Waals surface area contributed by atoms with Crippen LogP contribution in [0.15, 0.2) is 24.3 Å². The molecule has 2 N–H and O–H groups in total. The molecule has 0 heterocycles. The maximum atomic E-state index is 12.3. The summed E-state index contributed by atoms with van der Waals surface area (Å²) in [7, 11) is 0. The Labute approximate surface area is 123 Å². The molecule has 0 fully saturated rings. The first-order valence-electron chi connectivity index (χ1n) is 7.71. The molecule has 0 bridgehead atoms. The predicted molar refractivity (Wildman–Crippen MR) is 86.3 cm³/mol. The van der Waals surface area contributed by atoms with Crippen LogP contribution < -0.4 is 10.6 Å². The van der Waals surface area contributed by atoms with Crippen molar-refractivity contribution in [1.29, 1.82) is 0 Å². The minimum absolute atomic E-state index is 0.0118. The van der Waals surface area contributed by atoms with Crippen LogP contribution in [0.1, 0.15) is 63.7 Å². The van der Waals surface area contributed by atoms with E-state index >= 15 is 0 Å². The van der Waals surface area contributed by atoms with Crippen molar-refractivity contribution in [1.82, 2.24) is 5.32 Å². The van der Waals surface area contributed by atoms with Crippen molar-refractivity contribution in [2.75, 3.05) is 5.32 Å². The molecule has 0 saturated carbocycles. The highest BCUT2D eigenvalue weighted by atomic mass is 16.1. The van der Waals surface area contributed by atoms with Crippen molar-refractivity contribution >= 4 is 11.6 Å². The second-order valence-corrected chi connectivity index (χ2v) is 5.71. The van der Waals surface area contributed by atoms with E-state index in [1.54, 1.807) is 0 Å². The number of para-hydroxylation sites is 1. The first-order chi connectivity index (χ1) is 9.54. The molecule has 0 spiro atoms. The van der Waals surface area contributed by atoms with Gasteiger partial charge in [-0.1, -0.05) is 38.3 Å². The zero-order chi connectivity index (χ0) is 15.0. The average molecular weight is 276 g/mol. The summed E-state index contributed by atoms with van der Waals surface area (Å²) in [5.41, 5.74) is 1.63. The second-order valence-electron chi connectivity index (χ2n) is 5.71. The van der Waals surface area contributed by atoms with E-state index in [1.807, 2.05) is 24.3 Å². The van der Waals surface area contributed by atoms with Gasteiger partial charge in [0.15, 0.2) is 0 Å². The zero-order valence-electron chi connectivity index (χ0n) is 13.2. The van der Waals surface area contributed by atoms with Gasteiger partial charge < -0.3 is 10.6 Å². The topological polar surface area (TPSA) is 41.1 Å². The van der Waals surface area contributed by atoms with E-state index in [0.29, 0.717) is 6.04 Å². The highest BCUT2D eigenvalue weighted by Crippen LogP contribution is 2.16. The SMILES string of the molecule is CCCCCC(C)NC(=O)c1ccccc1NC(C)C. The quantitative estimate of drug-likeness (QED) is 0.698. The van der Waals surface area contributed by atoms with Gasteiger partial charge in [0.25, 0.3) is 5.91 Å². The summed E-state index contributed by atoms with van der Waals surface area (Å²) in [6.07, 6.45) is 4.65. The average Bonchev–Trinajstić information content (AvgIpc) is 2.38. The number of nitrogens with one attached hydrogen (secondary N) is 2. The van der Waals surface area contributed by atoms with Crippen molar-refractivity contribution < 1.29 is 4.79 Å². The second kappa shape index (κ2) is 8.62. The Morgan fingerprint density at radius 3 is 2.50 bits per heavy atom. The molecule has 20 heavy (non-hydrogen) atoms. The van der Waals surface area contributed by atoms with Crippen LogP contribution in [0.2, 0.25) is 0 Å². The first-order valence-corrected chi connectivity index (χ1v) is 7.71. The molecule has 0 aliphatic carbocycles. The van der Waals surface area contributed by atoms with E-state index < -0.39 is 0 Å². The fraction of sp³-hybridized carbons (Fsp3) is 0.588. The lowest BCUT2D eigenvalue weighted by Crippen LogP contribution is -2.33. The van der Waals surface area contributed by atoms with Gasteiger partial charge in [-0.05, 0) is 39.3 Å².